The predicted octanol–water partition coefficient (Wildman–Crippen LogP) is 2.67. The average molecular weight is 483 g/mol. The molecule has 1 N–H and O–H groups in total. The Kier molecular flexibility index (Phi) is 9.00. The number of ether oxygens (including phenoxy) is 2. The highest BCUT2D eigenvalue weighted by atomic mass is 79.9. The topological polar surface area (TPSA) is 71.0 Å². The van der Waals surface area contributed by atoms with E-state index in [1.807, 2.05) is 12.1 Å². The predicted molar refractivity (Wildman–Crippen MR) is 119 cm³/mol. The first-order valence-corrected chi connectivity index (χ1v) is 11.4. The van der Waals surface area contributed by atoms with Crippen LogP contribution in [0.5, 0.6) is 5.75 Å². The van der Waals surface area contributed by atoms with Gasteiger partial charge in [-0.25, -0.2) is 9.97 Å². The molecular weight excluding hydrogens is 456 g/mol. The van der Waals surface area contributed by atoms with Gasteiger partial charge in [0.2, 0.25) is 0 Å². The van der Waals surface area contributed by atoms with Gasteiger partial charge < -0.3 is 19.5 Å². The number of aliphatic hydroxyl groups excluding tert-OH is 1. The molecule has 1 aromatic heterocycles. The van der Waals surface area contributed by atoms with Crippen LogP contribution in [0.3, 0.4) is 0 Å². The van der Waals surface area contributed by atoms with E-state index >= 15 is 0 Å². The number of aliphatic hydroxyl groups is 1. The number of rotatable bonds is 10. The fourth-order valence-electron chi connectivity index (χ4n) is 3.19. The van der Waals surface area contributed by atoms with Gasteiger partial charge in [0.25, 0.3) is 0 Å². The molecule has 0 unspecified atom stereocenters. The SMILES string of the molecule is COc1ccc(Br)cc1CSc1nccnc1N1CCN(CCOCCO)CC1. The fourth-order valence-corrected chi connectivity index (χ4v) is 4.56. The third kappa shape index (κ3) is 6.55. The van der Waals surface area contributed by atoms with Crippen LogP contribution in [0.4, 0.5) is 5.82 Å². The third-order valence-corrected chi connectivity index (χ3v) is 6.22. The van der Waals surface area contributed by atoms with Crippen molar-refractivity contribution >= 4 is 33.5 Å². The molecule has 1 aliphatic rings. The summed E-state index contributed by atoms with van der Waals surface area (Å²) in [6.45, 7) is 5.76. The van der Waals surface area contributed by atoms with Crippen molar-refractivity contribution in [3.8, 4) is 5.75 Å². The van der Waals surface area contributed by atoms with Crippen molar-refractivity contribution in [3.05, 3.63) is 40.6 Å². The molecule has 0 spiro atoms. The second kappa shape index (κ2) is 11.7. The maximum Gasteiger partial charge on any atom is 0.161 e. The summed E-state index contributed by atoms with van der Waals surface area (Å²) in [4.78, 5) is 13.9. The molecule has 0 amide bonds. The van der Waals surface area contributed by atoms with Crippen molar-refractivity contribution in [2.24, 2.45) is 0 Å². The summed E-state index contributed by atoms with van der Waals surface area (Å²) in [7, 11) is 1.69. The fraction of sp³-hybridized carbons (Fsp3) is 0.500. The molecule has 2 aromatic rings. The summed E-state index contributed by atoms with van der Waals surface area (Å²) in [6, 6.07) is 6.04. The van der Waals surface area contributed by atoms with Crippen molar-refractivity contribution in [1.82, 2.24) is 14.9 Å². The van der Waals surface area contributed by atoms with Crippen LogP contribution in [0.1, 0.15) is 5.56 Å². The van der Waals surface area contributed by atoms with Gasteiger partial charge in [0.15, 0.2) is 5.82 Å². The molecule has 158 valence electrons. The quantitative estimate of drug-likeness (QED) is 0.409. The molecule has 1 fully saturated rings. The lowest BCUT2D eigenvalue weighted by molar-refractivity contribution is 0.0724. The normalized spacial score (nSPS) is 14.9. The molecule has 1 aromatic carbocycles. The standard InChI is InChI=1S/C20H27BrN4O3S/c1-27-18-3-2-17(21)14-16(18)15-29-20-19(22-4-5-23-20)25-8-6-24(7-9-25)10-12-28-13-11-26/h2-5,14,26H,6-13,15H2,1H3. The van der Waals surface area contributed by atoms with Gasteiger partial charge in [0.05, 0.1) is 26.9 Å². The molecule has 0 radical (unpaired) electrons. The molecule has 1 saturated heterocycles. The molecule has 29 heavy (non-hydrogen) atoms. The van der Waals surface area contributed by atoms with E-state index in [1.165, 1.54) is 0 Å². The van der Waals surface area contributed by atoms with Crippen LogP contribution in [0.15, 0.2) is 40.1 Å². The average Bonchev–Trinajstić information content (AvgIpc) is 2.76. The van der Waals surface area contributed by atoms with Crippen LogP contribution in [-0.2, 0) is 10.5 Å². The van der Waals surface area contributed by atoms with Crippen LogP contribution in [0.25, 0.3) is 0 Å². The van der Waals surface area contributed by atoms with Crippen molar-refractivity contribution < 1.29 is 14.6 Å². The van der Waals surface area contributed by atoms with Gasteiger partial charge >= 0.3 is 0 Å². The summed E-state index contributed by atoms with van der Waals surface area (Å²) in [5.74, 6) is 2.59. The zero-order valence-electron chi connectivity index (χ0n) is 16.6. The summed E-state index contributed by atoms with van der Waals surface area (Å²) >= 11 is 5.21. The number of hydrogen-bond donors (Lipinski definition) is 1. The highest BCUT2D eigenvalue weighted by Crippen LogP contribution is 2.33. The van der Waals surface area contributed by atoms with E-state index in [4.69, 9.17) is 14.6 Å². The minimum Gasteiger partial charge on any atom is -0.496 e. The number of methoxy groups -OCH3 is 1. The number of hydrogen-bond acceptors (Lipinski definition) is 8. The van der Waals surface area contributed by atoms with Gasteiger partial charge in [0, 0.05) is 60.9 Å². The van der Waals surface area contributed by atoms with E-state index in [0.29, 0.717) is 13.2 Å². The monoisotopic (exact) mass is 482 g/mol. The van der Waals surface area contributed by atoms with Crippen LogP contribution in [0, 0.1) is 0 Å². The maximum atomic E-state index is 8.78. The van der Waals surface area contributed by atoms with Crippen molar-refractivity contribution in [3.63, 3.8) is 0 Å². The second-order valence-electron chi connectivity index (χ2n) is 6.59. The molecule has 0 saturated carbocycles. The Morgan fingerprint density at radius 3 is 2.69 bits per heavy atom. The van der Waals surface area contributed by atoms with E-state index < -0.39 is 0 Å². The van der Waals surface area contributed by atoms with Crippen molar-refractivity contribution in [2.45, 2.75) is 10.8 Å². The molecule has 1 aliphatic heterocycles. The smallest absolute Gasteiger partial charge is 0.161 e. The van der Waals surface area contributed by atoms with E-state index in [9.17, 15) is 0 Å². The van der Waals surface area contributed by atoms with Crippen LogP contribution in [0.2, 0.25) is 0 Å². The second-order valence-corrected chi connectivity index (χ2v) is 8.47. The van der Waals surface area contributed by atoms with Gasteiger partial charge in [-0.2, -0.15) is 0 Å². The molecule has 7 nitrogen and oxygen atoms in total. The highest BCUT2D eigenvalue weighted by molar-refractivity contribution is 9.10. The zero-order chi connectivity index (χ0) is 20.5. The van der Waals surface area contributed by atoms with Crippen LogP contribution >= 0.6 is 27.7 Å². The number of thioether (sulfide) groups is 1. The number of benzene rings is 1. The minimum absolute atomic E-state index is 0.0761. The first-order valence-electron chi connectivity index (χ1n) is 9.63. The highest BCUT2D eigenvalue weighted by Gasteiger charge is 2.21. The number of nitrogens with zero attached hydrogens (tertiary/aromatic N) is 4. The third-order valence-electron chi connectivity index (χ3n) is 4.71. The van der Waals surface area contributed by atoms with Gasteiger partial charge in [-0.1, -0.05) is 27.7 Å². The van der Waals surface area contributed by atoms with Crippen LogP contribution in [-0.4, -0.2) is 79.6 Å². The summed E-state index contributed by atoms with van der Waals surface area (Å²) in [6.07, 6.45) is 3.51. The molecule has 2 heterocycles. The maximum absolute atomic E-state index is 8.78. The lowest BCUT2D eigenvalue weighted by atomic mass is 10.2. The molecule has 0 bridgehead atoms. The molecule has 3 rings (SSSR count). The molecule has 0 aliphatic carbocycles. The summed E-state index contributed by atoms with van der Waals surface area (Å²) in [5.41, 5.74) is 1.12. The number of anilines is 1. The Bertz CT molecular complexity index is 775. The van der Waals surface area contributed by atoms with Gasteiger partial charge in [-0.15, -0.1) is 0 Å². The number of aromatic nitrogens is 2. The Morgan fingerprint density at radius 1 is 1.14 bits per heavy atom. The minimum atomic E-state index is 0.0761. The lowest BCUT2D eigenvalue weighted by Crippen LogP contribution is -2.47. The van der Waals surface area contributed by atoms with Crippen molar-refractivity contribution in [2.75, 3.05) is 64.6 Å². The molecular formula is C20H27BrN4O3S. The Hall–Kier alpha value is -1.39. The van der Waals surface area contributed by atoms with Gasteiger partial charge in [-0.05, 0) is 18.2 Å². The first kappa shape index (κ1) is 22.3. The van der Waals surface area contributed by atoms with Crippen LogP contribution < -0.4 is 9.64 Å². The lowest BCUT2D eigenvalue weighted by Gasteiger charge is -2.35. The number of piperazine rings is 1. The zero-order valence-corrected chi connectivity index (χ0v) is 19.0. The largest absolute Gasteiger partial charge is 0.496 e. The van der Waals surface area contributed by atoms with Crippen molar-refractivity contribution in [1.29, 1.82) is 0 Å². The van der Waals surface area contributed by atoms with E-state index in [-0.39, 0.29) is 6.61 Å². The summed E-state index contributed by atoms with van der Waals surface area (Å²) < 4.78 is 11.9. The molecule has 9 heteroatoms. The summed E-state index contributed by atoms with van der Waals surface area (Å²) in [5, 5.41) is 9.72. The molecule has 0 atom stereocenters. The van der Waals surface area contributed by atoms with E-state index in [1.54, 1.807) is 31.3 Å². The Labute approximate surface area is 184 Å². The Morgan fingerprint density at radius 2 is 1.93 bits per heavy atom. The van der Waals surface area contributed by atoms with Gasteiger partial charge in [-0.3, -0.25) is 4.90 Å². The van der Waals surface area contributed by atoms with E-state index in [2.05, 4.69) is 41.8 Å². The number of halogens is 1. The van der Waals surface area contributed by atoms with E-state index in [0.717, 1.165) is 65.1 Å². The van der Waals surface area contributed by atoms with Gasteiger partial charge in [0.1, 0.15) is 10.8 Å². The Balaban J connectivity index is 1.58. The first-order chi connectivity index (χ1) is 14.2.